The number of anilines is 3. The fourth-order valence-corrected chi connectivity index (χ4v) is 2.39. The van der Waals surface area contributed by atoms with Crippen molar-refractivity contribution in [3.8, 4) is 0 Å². The number of amides is 1. The highest BCUT2D eigenvalue weighted by Crippen LogP contribution is 2.30. The topological polar surface area (TPSA) is 70.8 Å². The summed E-state index contributed by atoms with van der Waals surface area (Å²) in [5.74, 6) is -0.387. The van der Waals surface area contributed by atoms with E-state index in [1.54, 1.807) is 26.8 Å². The minimum Gasteiger partial charge on any atom is -0.444 e. The Balaban J connectivity index is 2.17. The number of hydrogen-bond donors (Lipinski definition) is 2. The molecule has 2 rings (SSSR count). The van der Waals surface area contributed by atoms with Gasteiger partial charge in [0.25, 0.3) is 0 Å². The number of carbonyl (C=O) groups is 1. The minimum absolute atomic E-state index is 0.172. The number of halogens is 1. The van der Waals surface area contributed by atoms with Gasteiger partial charge in [0.2, 0.25) is 0 Å². The maximum atomic E-state index is 14.2. The van der Waals surface area contributed by atoms with Crippen LogP contribution in [0.2, 0.25) is 0 Å². The molecule has 0 atom stereocenters. The van der Waals surface area contributed by atoms with Gasteiger partial charge in [0, 0.05) is 32.2 Å². The number of ether oxygens (including phenoxy) is 1. The largest absolute Gasteiger partial charge is 0.444 e. The SMILES string of the molecule is CN1CCN(c2cc(NC(=O)OC(C)(C)C)c(N)cc2F)CC1. The smallest absolute Gasteiger partial charge is 0.412 e. The molecular weight excluding hydrogens is 299 g/mol. The third kappa shape index (κ3) is 4.72. The summed E-state index contributed by atoms with van der Waals surface area (Å²) in [5.41, 5.74) is 6.18. The normalized spacial score (nSPS) is 16.3. The van der Waals surface area contributed by atoms with Crippen LogP contribution in [0.3, 0.4) is 0 Å². The van der Waals surface area contributed by atoms with Crippen LogP contribution in [-0.4, -0.2) is 49.8 Å². The van der Waals surface area contributed by atoms with E-state index >= 15 is 0 Å². The second kappa shape index (κ2) is 6.62. The van der Waals surface area contributed by atoms with Gasteiger partial charge in [0.15, 0.2) is 0 Å². The number of piperazine rings is 1. The molecule has 1 aliphatic rings. The maximum Gasteiger partial charge on any atom is 0.412 e. The summed E-state index contributed by atoms with van der Waals surface area (Å²) in [6.45, 7) is 8.49. The van der Waals surface area contributed by atoms with Crippen LogP contribution in [-0.2, 0) is 4.74 Å². The third-order valence-corrected chi connectivity index (χ3v) is 3.60. The van der Waals surface area contributed by atoms with Crippen LogP contribution in [0.15, 0.2) is 12.1 Å². The summed E-state index contributed by atoms with van der Waals surface area (Å²) >= 11 is 0. The van der Waals surface area contributed by atoms with Crippen LogP contribution in [0.5, 0.6) is 0 Å². The molecule has 0 spiro atoms. The van der Waals surface area contributed by atoms with Crippen molar-refractivity contribution in [1.82, 2.24) is 4.90 Å². The molecule has 7 heteroatoms. The predicted molar refractivity (Wildman–Crippen MR) is 90.4 cm³/mol. The van der Waals surface area contributed by atoms with Crippen LogP contribution in [0.1, 0.15) is 20.8 Å². The molecular formula is C16H25FN4O2. The molecule has 1 aromatic rings. The van der Waals surface area contributed by atoms with Gasteiger partial charge >= 0.3 is 6.09 Å². The predicted octanol–water partition coefficient (Wildman–Crippen LogP) is 2.51. The fraction of sp³-hybridized carbons (Fsp3) is 0.562. The maximum absolute atomic E-state index is 14.2. The zero-order chi connectivity index (χ0) is 17.2. The van der Waals surface area contributed by atoms with Gasteiger partial charge < -0.3 is 20.3 Å². The van der Waals surface area contributed by atoms with Gasteiger partial charge in [-0.15, -0.1) is 0 Å². The van der Waals surface area contributed by atoms with E-state index in [0.29, 0.717) is 11.4 Å². The lowest BCUT2D eigenvalue weighted by Gasteiger charge is -2.34. The highest BCUT2D eigenvalue weighted by Gasteiger charge is 2.21. The first-order chi connectivity index (χ1) is 10.7. The Kier molecular flexibility index (Phi) is 4.99. The lowest BCUT2D eigenvalue weighted by molar-refractivity contribution is 0.0636. The second-order valence-corrected chi connectivity index (χ2v) is 6.81. The molecule has 3 N–H and O–H groups in total. The van der Waals surface area contributed by atoms with Crippen molar-refractivity contribution in [1.29, 1.82) is 0 Å². The lowest BCUT2D eigenvalue weighted by Crippen LogP contribution is -2.44. The molecule has 1 aromatic carbocycles. The number of nitrogens with two attached hydrogens (primary N) is 1. The fourth-order valence-electron chi connectivity index (χ4n) is 2.39. The number of nitrogens with zero attached hydrogens (tertiary/aromatic N) is 2. The number of rotatable bonds is 2. The first-order valence-electron chi connectivity index (χ1n) is 7.68. The molecule has 1 heterocycles. The molecule has 0 aliphatic carbocycles. The number of likely N-dealkylation sites (N-methyl/N-ethyl adjacent to an activating group) is 1. The van der Waals surface area contributed by atoms with Crippen molar-refractivity contribution in [2.75, 3.05) is 49.2 Å². The Bertz CT molecular complexity index is 578. The standard InChI is InChI=1S/C16H25FN4O2/c1-16(2,3)23-15(22)19-13-10-14(11(17)9-12(13)18)21-7-5-20(4)6-8-21/h9-10H,5-8,18H2,1-4H3,(H,19,22). The quantitative estimate of drug-likeness (QED) is 0.818. The van der Waals surface area contributed by atoms with E-state index in [-0.39, 0.29) is 11.5 Å². The molecule has 1 fully saturated rings. The second-order valence-electron chi connectivity index (χ2n) is 6.81. The molecule has 0 bridgehead atoms. The van der Waals surface area contributed by atoms with Gasteiger partial charge in [-0.1, -0.05) is 0 Å². The van der Waals surface area contributed by atoms with Crippen molar-refractivity contribution < 1.29 is 13.9 Å². The summed E-state index contributed by atoms with van der Waals surface area (Å²) in [6, 6.07) is 2.81. The van der Waals surface area contributed by atoms with Crippen molar-refractivity contribution >= 4 is 23.2 Å². The van der Waals surface area contributed by atoms with E-state index in [1.807, 2.05) is 11.9 Å². The van der Waals surface area contributed by atoms with E-state index < -0.39 is 11.7 Å². The molecule has 0 unspecified atom stereocenters. The average molecular weight is 324 g/mol. The molecule has 6 nitrogen and oxygen atoms in total. The van der Waals surface area contributed by atoms with Gasteiger partial charge in [-0.05, 0) is 33.9 Å². The average Bonchev–Trinajstić information content (AvgIpc) is 2.41. The Hall–Kier alpha value is -2.02. The van der Waals surface area contributed by atoms with Gasteiger partial charge in [-0.2, -0.15) is 0 Å². The van der Waals surface area contributed by atoms with Crippen LogP contribution < -0.4 is 16.0 Å². The van der Waals surface area contributed by atoms with Gasteiger partial charge in [0.1, 0.15) is 11.4 Å². The molecule has 0 radical (unpaired) electrons. The summed E-state index contributed by atoms with van der Waals surface area (Å²) in [4.78, 5) is 16.0. The molecule has 1 aliphatic heterocycles. The number of nitrogen functional groups attached to an aromatic ring is 1. The van der Waals surface area contributed by atoms with Crippen LogP contribution in [0.25, 0.3) is 0 Å². The Morgan fingerprint density at radius 1 is 1.26 bits per heavy atom. The van der Waals surface area contributed by atoms with Gasteiger partial charge in [-0.25, -0.2) is 9.18 Å². The van der Waals surface area contributed by atoms with Crippen molar-refractivity contribution in [2.45, 2.75) is 26.4 Å². The number of hydrogen-bond acceptors (Lipinski definition) is 5. The zero-order valence-electron chi connectivity index (χ0n) is 14.1. The molecule has 1 amide bonds. The van der Waals surface area contributed by atoms with E-state index in [1.165, 1.54) is 6.07 Å². The van der Waals surface area contributed by atoms with Gasteiger partial charge in [-0.3, -0.25) is 5.32 Å². The van der Waals surface area contributed by atoms with E-state index in [4.69, 9.17) is 10.5 Å². The Morgan fingerprint density at radius 2 is 1.87 bits per heavy atom. The summed E-state index contributed by atoms with van der Waals surface area (Å²) in [5, 5.41) is 2.59. The highest BCUT2D eigenvalue weighted by atomic mass is 19.1. The van der Waals surface area contributed by atoms with E-state index in [9.17, 15) is 9.18 Å². The summed E-state index contributed by atoms with van der Waals surface area (Å²) < 4.78 is 19.4. The van der Waals surface area contributed by atoms with Crippen molar-refractivity contribution in [3.63, 3.8) is 0 Å². The molecule has 0 saturated carbocycles. The number of carbonyl (C=O) groups excluding carboxylic acids is 1. The molecule has 128 valence electrons. The van der Waals surface area contributed by atoms with Crippen LogP contribution >= 0.6 is 0 Å². The first-order valence-corrected chi connectivity index (χ1v) is 7.68. The summed E-state index contributed by atoms with van der Waals surface area (Å²) in [6.07, 6.45) is -0.611. The number of nitrogens with one attached hydrogen (secondary N) is 1. The van der Waals surface area contributed by atoms with Gasteiger partial charge in [0.05, 0.1) is 17.1 Å². The molecule has 0 aromatic heterocycles. The monoisotopic (exact) mass is 324 g/mol. The lowest BCUT2D eigenvalue weighted by atomic mass is 10.2. The molecule has 23 heavy (non-hydrogen) atoms. The highest BCUT2D eigenvalue weighted by molar-refractivity contribution is 5.90. The van der Waals surface area contributed by atoms with Crippen LogP contribution in [0.4, 0.5) is 26.2 Å². The van der Waals surface area contributed by atoms with Crippen molar-refractivity contribution in [2.24, 2.45) is 0 Å². The Morgan fingerprint density at radius 3 is 2.43 bits per heavy atom. The molecule has 1 saturated heterocycles. The minimum atomic E-state index is -0.612. The third-order valence-electron chi connectivity index (χ3n) is 3.60. The van der Waals surface area contributed by atoms with Crippen LogP contribution in [0, 0.1) is 5.82 Å². The first kappa shape index (κ1) is 17.3. The van der Waals surface area contributed by atoms with Crippen molar-refractivity contribution in [3.05, 3.63) is 17.9 Å². The van der Waals surface area contributed by atoms with E-state index in [2.05, 4.69) is 10.2 Å². The number of benzene rings is 1. The summed E-state index contributed by atoms with van der Waals surface area (Å²) in [7, 11) is 2.03. The van der Waals surface area contributed by atoms with E-state index in [0.717, 1.165) is 26.2 Å². The Labute approximate surface area is 136 Å². The zero-order valence-corrected chi connectivity index (χ0v) is 14.1.